The van der Waals surface area contributed by atoms with Crippen LogP contribution >= 0.6 is 0 Å². The van der Waals surface area contributed by atoms with Gasteiger partial charge in [-0.1, -0.05) is 5.16 Å². The predicted molar refractivity (Wildman–Crippen MR) is 64.5 cm³/mol. The number of anilines is 1. The molecular weight excluding hydrogens is 232 g/mol. The van der Waals surface area contributed by atoms with Gasteiger partial charge in [0.15, 0.2) is 0 Å². The van der Waals surface area contributed by atoms with Crippen LogP contribution in [0.15, 0.2) is 22.9 Å². The molecular formula is C12H14N4O2. The number of pyridine rings is 1. The van der Waals surface area contributed by atoms with E-state index in [1.54, 1.807) is 25.4 Å². The number of aromatic nitrogens is 3. The van der Waals surface area contributed by atoms with Crippen molar-refractivity contribution in [2.24, 2.45) is 0 Å². The van der Waals surface area contributed by atoms with Gasteiger partial charge in [-0.15, -0.1) is 0 Å². The van der Waals surface area contributed by atoms with Crippen molar-refractivity contribution in [2.45, 2.75) is 24.9 Å². The van der Waals surface area contributed by atoms with Gasteiger partial charge in [-0.25, -0.2) is 4.98 Å². The number of ether oxygens (including phenoxy) is 1. The molecule has 18 heavy (non-hydrogen) atoms. The van der Waals surface area contributed by atoms with Gasteiger partial charge in [0.25, 0.3) is 5.89 Å². The molecule has 2 aromatic rings. The fraction of sp³-hybridized carbons (Fsp3) is 0.417. The molecule has 1 aliphatic carbocycles. The zero-order valence-corrected chi connectivity index (χ0v) is 10.1. The fourth-order valence-corrected chi connectivity index (χ4v) is 2.12. The van der Waals surface area contributed by atoms with E-state index in [0.29, 0.717) is 17.5 Å². The molecule has 2 heterocycles. The molecule has 0 unspecified atom stereocenters. The van der Waals surface area contributed by atoms with Gasteiger partial charge in [-0.2, -0.15) is 4.98 Å². The van der Waals surface area contributed by atoms with E-state index in [1.165, 1.54) is 0 Å². The molecule has 3 rings (SSSR count). The predicted octanol–water partition coefficient (Wildman–Crippen LogP) is 1.74. The first kappa shape index (κ1) is 11.2. The normalized spacial score (nSPS) is 17.4. The monoisotopic (exact) mass is 246 g/mol. The van der Waals surface area contributed by atoms with Gasteiger partial charge in [0.1, 0.15) is 11.4 Å². The van der Waals surface area contributed by atoms with Crippen molar-refractivity contribution in [3.63, 3.8) is 0 Å². The van der Waals surface area contributed by atoms with E-state index < -0.39 is 0 Å². The van der Waals surface area contributed by atoms with Crippen LogP contribution in [0, 0.1) is 0 Å². The van der Waals surface area contributed by atoms with Crippen LogP contribution in [0.1, 0.15) is 25.1 Å². The highest BCUT2D eigenvalue weighted by molar-refractivity contribution is 5.56. The summed E-state index contributed by atoms with van der Waals surface area (Å²) in [6.45, 7) is 0. The second kappa shape index (κ2) is 4.06. The highest BCUT2D eigenvalue weighted by Crippen LogP contribution is 2.43. The van der Waals surface area contributed by atoms with E-state index >= 15 is 0 Å². The lowest BCUT2D eigenvalue weighted by atomic mass is 9.79. The molecule has 0 atom stereocenters. The summed E-state index contributed by atoms with van der Waals surface area (Å²) in [4.78, 5) is 8.33. The van der Waals surface area contributed by atoms with Crippen molar-refractivity contribution in [3.8, 4) is 11.5 Å². The van der Waals surface area contributed by atoms with Crippen LogP contribution < -0.4 is 5.73 Å². The first-order chi connectivity index (χ1) is 8.73. The van der Waals surface area contributed by atoms with Crippen molar-refractivity contribution in [3.05, 3.63) is 24.2 Å². The van der Waals surface area contributed by atoms with Gasteiger partial charge in [-0.3, -0.25) is 0 Å². The third-order valence-electron chi connectivity index (χ3n) is 3.41. The van der Waals surface area contributed by atoms with Crippen molar-refractivity contribution >= 4 is 5.82 Å². The summed E-state index contributed by atoms with van der Waals surface area (Å²) in [7, 11) is 1.68. The lowest BCUT2D eigenvalue weighted by Crippen LogP contribution is -2.37. The summed E-state index contributed by atoms with van der Waals surface area (Å²) in [5.41, 5.74) is 6.04. The molecule has 0 bridgehead atoms. The summed E-state index contributed by atoms with van der Waals surface area (Å²) >= 11 is 0. The Hall–Kier alpha value is -1.95. The number of hydrogen-bond donors (Lipinski definition) is 1. The maximum Gasteiger partial charge on any atom is 0.258 e. The lowest BCUT2D eigenvalue weighted by Gasteiger charge is -2.37. The summed E-state index contributed by atoms with van der Waals surface area (Å²) in [6, 6.07) is 3.49. The van der Waals surface area contributed by atoms with Crippen molar-refractivity contribution in [2.75, 3.05) is 12.8 Å². The number of methoxy groups -OCH3 is 1. The molecule has 2 N–H and O–H groups in total. The van der Waals surface area contributed by atoms with Crippen LogP contribution in [0.4, 0.5) is 5.82 Å². The number of nitrogen functional groups attached to an aromatic ring is 1. The van der Waals surface area contributed by atoms with Crippen molar-refractivity contribution in [1.29, 1.82) is 0 Å². The Balaban J connectivity index is 1.94. The van der Waals surface area contributed by atoms with E-state index in [1.807, 2.05) is 0 Å². The second-order valence-electron chi connectivity index (χ2n) is 4.44. The Kier molecular flexibility index (Phi) is 2.52. The zero-order valence-electron chi connectivity index (χ0n) is 10.1. The third kappa shape index (κ3) is 1.65. The summed E-state index contributed by atoms with van der Waals surface area (Å²) < 4.78 is 10.8. The molecule has 0 aliphatic heterocycles. The molecule has 1 saturated carbocycles. The lowest BCUT2D eigenvalue weighted by molar-refractivity contribution is -0.0858. The Bertz CT molecular complexity index is 557. The number of nitrogens with zero attached hydrogens (tertiary/aromatic N) is 3. The molecule has 0 aromatic carbocycles. The van der Waals surface area contributed by atoms with E-state index in [0.717, 1.165) is 24.8 Å². The van der Waals surface area contributed by atoms with Gasteiger partial charge in [0, 0.05) is 18.9 Å². The van der Waals surface area contributed by atoms with Gasteiger partial charge >= 0.3 is 0 Å². The minimum absolute atomic E-state index is 0.361. The number of hydrogen-bond acceptors (Lipinski definition) is 6. The number of nitrogens with two attached hydrogens (primary N) is 1. The van der Waals surface area contributed by atoms with E-state index in [2.05, 4.69) is 15.1 Å². The van der Waals surface area contributed by atoms with E-state index in [-0.39, 0.29) is 5.60 Å². The summed E-state index contributed by atoms with van der Waals surface area (Å²) in [6.07, 6.45) is 4.60. The van der Waals surface area contributed by atoms with Crippen LogP contribution in [-0.2, 0) is 10.3 Å². The summed E-state index contributed by atoms with van der Waals surface area (Å²) in [5, 5.41) is 4.01. The zero-order chi connectivity index (χ0) is 12.6. The highest BCUT2D eigenvalue weighted by Gasteiger charge is 2.43. The van der Waals surface area contributed by atoms with Crippen LogP contribution in [0.5, 0.6) is 0 Å². The molecule has 0 saturated heterocycles. The van der Waals surface area contributed by atoms with Gasteiger partial charge in [0.05, 0.1) is 0 Å². The van der Waals surface area contributed by atoms with E-state index in [9.17, 15) is 0 Å². The largest absolute Gasteiger partial charge is 0.384 e. The smallest absolute Gasteiger partial charge is 0.258 e. The molecule has 1 aliphatic rings. The highest BCUT2D eigenvalue weighted by atomic mass is 16.5. The van der Waals surface area contributed by atoms with Crippen LogP contribution in [-0.4, -0.2) is 22.2 Å². The summed E-state index contributed by atoms with van der Waals surface area (Å²) in [5.74, 6) is 1.49. The average molecular weight is 246 g/mol. The molecule has 94 valence electrons. The SMILES string of the molecule is COC1(c2noc(-c3ccnc(N)c3)n2)CCC1. The minimum Gasteiger partial charge on any atom is -0.384 e. The Labute approximate surface area is 104 Å². The Morgan fingerprint density at radius 1 is 1.44 bits per heavy atom. The van der Waals surface area contributed by atoms with Crippen LogP contribution in [0.25, 0.3) is 11.5 Å². The Morgan fingerprint density at radius 3 is 2.89 bits per heavy atom. The minimum atomic E-state index is -0.361. The standard InChI is InChI=1S/C12H14N4O2/c1-17-12(4-2-5-12)11-15-10(18-16-11)8-3-6-14-9(13)7-8/h3,6-7H,2,4-5H2,1H3,(H2,13,14). The first-order valence-electron chi connectivity index (χ1n) is 5.85. The fourth-order valence-electron chi connectivity index (χ4n) is 2.12. The number of rotatable bonds is 3. The molecule has 6 nitrogen and oxygen atoms in total. The molecule has 2 aromatic heterocycles. The van der Waals surface area contributed by atoms with Gasteiger partial charge < -0.3 is 15.0 Å². The maximum atomic E-state index is 5.63. The first-order valence-corrected chi connectivity index (χ1v) is 5.85. The molecule has 1 fully saturated rings. The van der Waals surface area contributed by atoms with Gasteiger partial charge in [-0.05, 0) is 31.4 Å². The van der Waals surface area contributed by atoms with Gasteiger partial charge in [0.2, 0.25) is 5.82 Å². The van der Waals surface area contributed by atoms with Crippen molar-refractivity contribution in [1.82, 2.24) is 15.1 Å². The second-order valence-corrected chi connectivity index (χ2v) is 4.44. The van der Waals surface area contributed by atoms with E-state index in [4.69, 9.17) is 15.0 Å². The molecule has 0 spiro atoms. The average Bonchev–Trinajstić information content (AvgIpc) is 2.78. The molecule has 0 radical (unpaired) electrons. The Morgan fingerprint density at radius 2 is 2.28 bits per heavy atom. The molecule has 6 heteroatoms. The quantitative estimate of drug-likeness (QED) is 0.887. The van der Waals surface area contributed by atoms with Crippen LogP contribution in [0.2, 0.25) is 0 Å². The maximum absolute atomic E-state index is 5.63. The third-order valence-corrected chi connectivity index (χ3v) is 3.41. The topological polar surface area (TPSA) is 87.1 Å². The molecule has 0 amide bonds. The van der Waals surface area contributed by atoms with Crippen molar-refractivity contribution < 1.29 is 9.26 Å². The van der Waals surface area contributed by atoms with Crippen LogP contribution in [0.3, 0.4) is 0 Å².